The normalized spacial score (nSPS) is 24.3. The number of ether oxygens (including phenoxy) is 1. The quantitative estimate of drug-likeness (QED) is 0.740. The molecule has 3 nitrogen and oxygen atoms in total. The zero-order valence-electron chi connectivity index (χ0n) is 13.6. The minimum atomic E-state index is 0.518. The van der Waals surface area contributed by atoms with Gasteiger partial charge in [0, 0.05) is 32.3 Å². The van der Waals surface area contributed by atoms with E-state index >= 15 is 0 Å². The summed E-state index contributed by atoms with van der Waals surface area (Å²) in [5.74, 6) is 0.922. The summed E-state index contributed by atoms with van der Waals surface area (Å²) >= 11 is 0. The molecule has 1 saturated heterocycles. The fourth-order valence-corrected chi connectivity index (χ4v) is 3.84. The Morgan fingerprint density at radius 1 is 1.10 bits per heavy atom. The highest BCUT2D eigenvalue weighted by Gasteiger charge is 2.28. The average molecular weight is 282 g/mol. The van der Waals surface area contributed by atoms with Crippen molar-refractivity contribution < 1.29 is 4.74 Å². The summed E-state index contributed by atoms with van der Waals surface area (Å²) in [6.45, 7) is 10.1. The first kappa shape index (κ1) is 16.3. The zero-order valence-corrected chi connectivity index (χ0v) is 13.6. The van der Waals surface area contributed by atoms with Gasteiger partial charge in [-0.1, -0.05) is 19.8 Å². The topological polar surface area (TPSA) is 24.5 Å². The maximum absolute atomic E-state index is 5.76. The van der Waals surface area contributed by atoms with Crippen LogP contribution in [0.25, 0.3) is 0 Å². The van der Waals surface area contributed by atoms with Crippen LogP contribution in [0.1, 0.15) is 58.8 Å². The van der Waals surface area contributed by atoms with Crippen LogP contribution >= 0.6 is 0 Å². The second-order valence-corrected chi connectivity index (χ2v) is 6.56. The van der Waals surface area contributed by atoms with Gasteiger partial charge >= 0.3 is 0 Å². The molecule has 2 fully saturated rings. The highest BCUT2D eigenvalue weighted by Crippen LogP contribution is 2.28. The molecule has 1 unspecified atom stereocenters. The molecule has 2 rings (SSSR count). The number of hydrogen-bond donors (Lipinski definition) is 1. The van der Waals surface area contributed by atoms with Gasteiger partial charge in [-0.3, -0.25) is 0 Å². The van der Waals surface area contributed by atoms with E-state index < -0.39 is 0 Å². The summed E-state index contributed by atoms with van der Waals surface area (Å²) in [6, 6.07) is 0.723. The van der Waals surface area contributed by atoms with Crippen molar-refractivity contribution in [1.82, 2.24) is 10.2 Å². The van der Waals surface area contributed by atoms with Gasteiger partial charge in [-0.15, -0.1) is 0 Å². The Balaban J connectivity index is 1.75. The third-order valence-electron chi connectivity index (χ3n) is 5.02. The fraction of sp³-hybridized carbons (Fsp3) is 1.00. The van der Waals surface area contributed by atoms with E-state index in [0.717, 1.165) is 18.6 Å². The summed E-state index contributed by atoms with van der Waals surface area (Å²) in [7, 11) is 0. The van der Waals surface area contributed by atoms with Crippen LogP contribution in [0.4, 0.5) is 0 Å². The molecular weight excluding hydrogens is 248 g/mol. The Labute approximate surface area is 125 Å². The van der Waals surface area contributed by atoms with Crippen molar-refractivity contribution in [2.75, 3.05) is 32.8 Å². The van der Waals surface area contributed by atoms with Crippen LogP contribution in [0.3, 0.4) is 0 Å². The van der Waals surface area contributed by atoms with Crippen LogP contribution in [-0.4, -0.2) is 49.8 Å². The van der Waals surface area contributed by atoms with Crippen molar-refractivity contribution in [3.8, 4) is 0 Å². The van der Waals surface area contributed by atoms with Crippen LogP contribution in [0, 0.1) is 5.92 Å². The lowest BCUT2D eigenvalue weighted by molar-refractivity contribution is 0.0109. The molecule has 0 amide bonds. The minimum absolute atomic E-state index is 0.518. The number of likely N-dealkylation sites (tertiary alicyclic amines) is 1. The second kappa shape index (κ2) is 9.01. The van der Waals surface area contributed by atoms with Crippen molar-refractivity contribution >= 4 is 0 Å². The average Bonchev–Trinajstić information content (AvgIpc) is 3.00. The van der Waals surface area contributed by atoms with Gasteiger partial charge in [0.2, 0.25) is 0 Å². The Morgan fingerprint density at radius 3 is 2.40 bits per heavy atom. The molecule has 118 valence electrons. The monoisotopic (exact) mass is 282 g/mol. The van der Waals surface area contributed by atoms with E-state index in [2.05, 4.69) is 24.1 Å². The van der Waals surface area contributed by atoms with Gasteiger partial charge in [0.1, 0.15) is 0 Å². The molecule has 1 aliphatic heterocycles. The fourth-order valence-electron chi connectivity index (χ4n) is 3.84. The summed E-state index contributed by atoms with van der Waals surface area (Å²) in [6.07, 6.45) is 9.98. The zero-order chi connectivity index (χ0) is 14.2. The Kier molecular flexibility index (Phi) is 7.32. The van der Waals surface area contributed by atoms with Gasteiger partial charge < -0.3 is 15.0 Å². The van der Waals surface area contributed by atoms with Crippen LogP contribution in [0.2, 0.25) is 0 Å². The second-order valence-electron chi connectivity index (χ2n) is 6.56. The number of rotatable bonds is 8. The smallest absolute Gasteiger partial charge is 0.0599 e. The SMILES string of the molecule is CCCNC(CN1CCC(OCC)CC1)C1CCCC1. The van der Waals surface area contributed by atoms with Crippen LogP contribution < -0.4 is 5.32 Å². The summed E-state index contributed by atoms with van der Waals surface area (Å²) < 4.78 is 5.76. The first-order chi connectivity index (χ1) is 9.83. The molecular formula is C17H34N2O. The Hall–Kier alpha value is -0.120. The largest absolute Gasteiger partial charge is 0.378 e. The molecule has 1 saturated carbocycles. The number of piperidine rings is 1. The molecule has 1 atom stereocenters. The van der Waals surface area contributed by atoms with Crippen molar-refractivity contribution in [2.24, 2.45) is 5.92 Å². The van der Waals surface area contributed by atoms with Gasteiger partial charge in [-0.25, -0.2) is 0 Å². The van der Waals surface area contributed by atoms with Gasteiger partial charge in [-0.05, 0) is 51.5 Å². The van der Waals surface area contributed by atoms with E-state index in [0.29, 0.717) is 6.10 Å². The summed E-state index contributed by atoms with van der Waals surface area (Å²) in [4.78, 5) is 2.67. The maximum Gasteiger partial charge on any atom is 0.0599 e. The lowest BCUT2D eigenvalue weighted by Crippen LogP contribution is -2.48. The van der Waals surface area contributed by atoms with Crippen LogP contribution in [0.15, 0.2) is 0 Å². The molecule has 0 aromatic heterocycles. The molecule has 1 aliphatic carbocycles. The first-order valence-corrected chi connectivity index (χ1v) is 8.90. The van der Waals surface area contributed by atoms with Crippen molar-refractivity contribution in [1.29, 1.82) is 0 Å². The number of hydrogen-bond acceptors (Lipinski definition) is 3. The van der Waals surface area contributed by atoms with Gasteiger partial charge in [0.15, 0.2) is 0 Å². The predicted molar refractivity (Wildman–Crippen MR) is 85.1 cm³/mol. The van der Waals surface area contributed by atoms with Crippen LogP contribution in [0.5, 0.6) is 0 Å². The standard InChI is InChI=1S/C17H34N2O/c1-3-11-18-17(15-7-5-6-8-15)14-19-12-9-16(10-13-19)20-4-2/h15-18H,3-14H2,1-2H3. The van der Waals surface area contributed by atoms with Gasteiger partial charge in [-0.2, -0.15) is 0 Å². The van der Waals surface area contributed by atoms with E-state index in [1.165, 1.54) is 71.1 Å². The Bertz CT molecular complexity index is 245. The lowest BCUT2D eigenvalue weighted by Gasteiger charge is -2.36. The molecule has 3 heteroatoms. The third kappa shape index (κ3) is 5.01. The van der Waals surface area contributed by atoms with Gasteiger partial charge in [0.25, 0.3) is 0 Å². The maximum atomic E-state index is 5.76. The van der Waals surface area contributed by atoms with Gasteiger partial charge in [0.05, 0.1) is 6.10 Å². The molecule has 0 bridgehead atoms. The first-order valence-electron chi connectivity index (χ1n) is 8.90. The number of nitrogens with zero attached hydrogens (tertiary/aromatic N) is 1. The predicted octanol–water partition coefficient (Wildman–Crippen LogP) is 3.05. The van der Waals surface area contributed by atoms with Crippen molar-refractivity contribution in [3.63, 3.8) is 0 Å². The van der Waals surface area contributed by atoms with Crippen molar-refractivity contribution in [3.05, 3.63) is 0 Å². The van der Waals surface area contributed by atoms with E-state index in [1.54, 1.807) is 0 Å². The van der Waals surface area contributed by atoms with E-state index in [4.69, 9.17) is 4.74 Å². The molecule has 0 spiro atoms. The van der Waals surface area contributed by atoms with Crippen molar-refractivity contribution in [2.45, 2.75) is 70.9 Å². The summed E-state index contributed by atoms with van der Waals surface area (Å²) in [5, 5.41) is 3.82. The molecule has 1 N–H and O–H groups in total. The molecule has 20 heavy (non-hydrogen) atoms. The molecule has 0 aromatic rings. The lowest BCUT2D eigenvalue weighted by atomic mass is 9.96. The minimum Gasteiger partial charge on any atom is -0.378 e. The highest BCUT2D eigenvalue weighted by atomic mass is 16.5. The van der Waals surface area contributed by atoms with Crippen LogP contribution in [-0.2, 0) is 4.74 Å². The third-order valence-corrected chi connectivity index (χ3v) is 5.02. The molecule has 0 radical (unpaired) electrons. The van der Waals surface area contributed by atoms with E-state index in [9.17, 15) is 0 Å². The van der Waals surface area contributed by atoms with E-state index in [-0.39, 0.29) is 0 Å². The molecule has 0 aromatic carbocycles. The molecule has 1 heterocycles. The number of nitrogens with one attached hydrogen (secondary N) is 1. The van der Waals surface area contributed by atoms with E-state index in [1.807, 2.05) is 0 Å². The highest BCUT2D eigenvalue weighted by molar-refractivity contribution is 4.85. The Morgan fingerprint density at radius 2 is 1.80 bits per heavy atom. The molecule has 2 aliphatic rings. The summed E-state index contributed by atoms with van der Waals surface area (Å²) in [5.41, 5.74) is 0.